The predicted octanol–water partition coefficient (Wildman–Crippen LogP) is 5.17. The molecule has 4 nitrogen and oxygen atoms in total. The van der Waals surface area contributed by atoms with Crippen molar-refractivity contribution in [3.8, 4) is 0 Å². The van der Waals surface area contributed by atoms with Crippen LogP contribution in [0.25, 0.3) is 0 Å². The van der Waals surface area contributed by atoms with Crippen LogP contribution in [0.15, 0.2) is 48.5 Å². The van der Waals surface area contributed by atoms with Gasteiger partial charge in [0.25, 0.3) is 0 Å². The maximum Gasteiger partial charge on any atom is 0.242 e. The van der Waals surface area contributed by atoms with Gasteiger partial charge >= 0.3 is 0 Å². The zero-order valence-corrected chi connectivity index (χ0v) is 19.2. The minimum Gasteiger partial charge on any atom is -0.352 e. The standard InChI is InChI=1S/C22H26Cl2N2O2S/c1-15(2)25-22(28)16(3)26(12-17-7-5-4-6-8-17)21(27)14-29-13-18-9-10-19(23)11-20(18)24/h4-11,15-16H,12-14H2,1-3H3,(H,25,28)/t16-/m1/s1. The van der Waals surface area contributed by atoms with E-state index in [9.17, 15) is 9.59 Å². The van der Waals surface area contributed by atoms with Crippen LogP contribution in [0.4, 0.5) is 0 Å². The normalized spacial score (nSPS) is 11.9. The summed E-state index contributed by atoms with van der Waals surface area (Å²) in [4.78, 5) is 27.1. The van der Waals surface area contributed by atoms with Crippen LogP contribution in [-0.4, -0.2) is 34.6 Å². The van der Waals surface area contributed by atoms with Gasteiger partial charge in [0.15, 0.2) is 0 Å². The van der Waals surface area contributed by atoms with E-state index in [0.29, 0.717) is 22.3 Å². The summed E-state index contributed by atoms with van der Waals surface area (Å²) in [5, 5.41) is 4.06. The van der Waals surface area contributed by atoms with E-state index in [1.165, 1.54) is 11.8 Å². The minimum absolute atomic E-state index is 0.0139. The Labute approximate surface area is 187 Å². The van der Waals surface area contributed by atoms with Crippen LogP contribution in [-0.2, 0) is 21.9 Å². The summed E-state index contributed by atoms with van der Waals surface area (Å²) in [5.41, 5.74) is 1.91. The highest BCUT2D eigenvalue weighted by Gasteiger charge is 2.26. The first-order valence-electron chi connectivity index (χ1n) is 9.43. The minimum atomic E-state index is -0.565. The van der Waals surface area contributed by atoms with Crippen molar-refractivity contribution in [2.75, 3.05) is 5.75 Å². The van der Waals surface area contributed by atoms with E-state index in [1.807, 2.05) is 50.2 Å². The number of hydrogen-bond donors (Lipinski definition) is 1. The molecular formula is C22H26Cl2N2O2S. The molecule has 2 amide bonds. The van der Waals surface area contributed by atoms with E-state index >= 15 is 0 Å². The predicted molar refractivity (Wildman–Crippen MR) is 122 cm³/mol. The molecule has 0 aromatic heterocycles. The molecule has 0 heterocycles. The first-order valence-corrected chi connectivity index (χ1v) is 11.3. The monoisotopic (exact) mass is 452 g/mol. The van der Waals surface area contributed by atoms with Crippen molar-refractivity contribution in [3.05, 3.63) is 69.7 Å². The molecule has 156 valence electrons. The van der Waals surface area contributed by atoms with Gasteiger partial charge in [-0.2, -0.15) is 0 Å². The van der Waals surface area contributed by atoms with E-state index in [4.69, 9.17) is 23.2 Å². The van der Waals surface area contributed by atoms with Gasteiger partial charge in [0, 0.05) is 28.4 Å². The fourth-order valence-corrected chi connectivity index (χ4v) is 4.21. The van der Waals surface area contributed by atoms with Crippen molar-refractivity contribution < 1.29 is 9.59 Å². The third kappa shape index (κ3) is 7.57. The van der Waals surface area contributed by atoms with Crippen molar-refractivity contribution in [3.63, 3.8) is 0 Å². The molecule has 0 aliphatic carbocycles. The van der Waals surface area contributed by atoms with Gasteiger partial charge in [0.2, 0.25) is 11.8 Å². The summed E-state index contributed by atoms with van der Waals surface area (Å²) >= 11 is 13.6. The lowest BCUT2D eigenvalue weighted by Gasteiger charge is -2.29. The van der Waals surface area contributed by atoms with Crippen LogP contribution in [0.1, 0.15) is 31.9 Å². The van der Waals surface area contributed by atoms with Crippen molar-refractivity contribution in [1.82, 2.24) is 10.2 Å². The van der Waals surface area contributed by atoms with Crippen LogP contribution < -0.4 is 5.32 Å². The number of nitrogens with zero attached hydrogens (tertiary/aromatic N) is 1. The lowest BCUT2D eigenvalue weighted by atomic mass is 10.1. The number of halogens is 2. The highest BCUT2D eigenvalue weighted by Crippen LogP contribution is 2.25. The second-order valence-electron chi connectivity index (χ2n) is 7.08. The van der Waals surface area contributed by atoms with Gasteiger partial charge in [0.05, 0.1) is 5.75 Å². The summed E-state index contributed by atoms with van der Waals surface area (Å²) in [6.45, 7) is 5.95. The zero-order valence-electron chi connectivity index (χ0n) is 16.8. The molecule has 0 fully saturated rings. The molecule has 2 aromatic carbocycles. The quantitative estimate of drug-likeness (QED) is 0.570. The Morgan fingerprint density at radius 1 is 1.07 bits per heavy atom. The maximum absolute atomic E-state index is 13.0. The van der Waals surface area contributed by atoms with Crippen LogP contribution >= 0.6 is 35.0 Å². The molecule has 1 N–H and O–H groups in total. The first kappa shape index (κ1) is 23.6. The van der Waals surface area contributed by atoms with E-state index < -0.39 is 6.04 Å². The lowest BCUT2D eigenvalue weighted by Crippen LogP contribution is -2.49. The summed E-state index contributed by atoms with van der Waals surface area (Å²) in [6, 6.07) is 14.5. The molecule has 0 aliphatic heterocycles. The fraction of sp³-hybridized carbons (Fsp3) is 0.364. The number of carbonyl (C=O) groups excluding carboxylic acids is 2. The largest absolute Gasteiger partial charge is 0.352 e. The molecule has 29 heavy (non-hydrogen) atoms. The smallest absolute Gasteiger partial charge is 0.242 e. The van der Waals surface area contributed by atoms with E-state index in [0.717, 1.165) is 11.1 Å². The van der Waals surface area contributed by atoms with Crippen molar-refractivity contribution in [1.29, 1.82) is 0 Å². The van der Waals surface area contributed by atoms with E-state index in [-0.39, 0.29) is 23.6 Å². The van der Waals surface area contributed by atoms with Gasteiger partial charge in [-0.25, -0.2) is 0 Å². The van der Waals surface area contributed by atoms with Crippen molar-refractivity contribution >= 4 is 46.8 Å². The van der Waals surface area contributed by atoms with E-state index in [2.05, 4.69) is 5.32 Å². The van der Waals surface area contributed by atoms with Crippen LogP contribution in [0.2, 0.25) is 10.0 Å². The number of nitrogens with one attached hydrogen (secondary N) is 1. The molecule has 2 rings (SSSR count). The second-order valence-corrected chi connectivity index (χ2v) is 8.90. The Balaban J connectivity index is 2.05. The van der Waals surface area contributed by atoms with Gasteiger partial charge in [-0.05, 0) is 44.0 Å². The van der Waals surface area contributed by atoms with Crippen LogP contribution in [0.3, 0.4) is 0 Å². The number of benzene rings is 2. The number of carbonyl (C=O) groups is 2. The second kappa shape index (κ2) is 11.5. The molecule has 1 atom stereocenters. The number of thioether (sulfide) groups is 1. The summed E-state index contributed by atoms with van der Waals surface area (Å²) in [5.74, 6) is 0.601. The van der Waals surface area contributed by atoms with Gasteiger partial charge in [0.1, 0.15) is 6.04 Å². The zero-order chi connectivity index (χ0) is 21.4. The molecule has 2 aromatic rings. The van der Waals surface area contributed by atoms with Gasteiger partial charge < -0.3 is 10.2 Å². The van der Waals surface area contributed by atoms with Gasteiger partial charge in [-0.1, -0.05) is 59.6 Å². The molecule has 7 heteroatoms. The molecule has 0 saturated heterocycles. The number of rotatable bonds is 9. The average molecular weight is 453 g/mol. The molecule has 0 bridgehead atoms. The third-order valence-corrected chi connectivity index (χ3v) is 5.85. The first-order chi connectivity index (χ1) is 13.8. The Kier molecular flexibility index (Phi) is 9.34. The van der Waals surface area contributed by atoms with E-state index in [1.54, 1.807) is 24.0 Å². The van der Waals surface area contributed by atoms with Gasteiger partial charge in [-0.15, -0.1) is 11.8 Å². The van der Waals surface area contributed by atoms with Crippen LogP contribution in [0, 0.1) is 0 Å². The van der Waals surface area contributed by atoms with Crippen molar-refractivity contribution in [2.24, 2.45) is 0 Å². The lowest BCUT2D eigenvalue weighted by molar-refractivity contribution is -0.138. The average Bonchev–Trinajstić information content (AvgIpc) is 2.67. The molecular weight excluding hydrogens is 427 g/mol. The topological polar surface area (TPSA) is 49.4 Å². The summed E-state index contributed by atoms with van der Waals surface area (Å²) < 4.78 is 0. The fourth-order valence-electron chi connectivity index (χ4n) is 2.74. The molecule has 0 spiro atoms. The molecule has 0 aliphatic rings. The Morgan fingerprint density at radius 2 is 1.76 bits per heavy atom. The number of amides is 2. The Bertz CT molecular complexity index is 831. The molecule has 0 unspecified atom stereocenters. The SMILES string of the molecule is CC(C)NC(=O)[C@@H](C)N(Cc1ccccc1)C(=O)CSCc1ccc(Cl)cc1Cl. The maximum atomic E-state index is 13.0. The van der Waals surface area contributed by atoms with Gasteiger partial charge in [-0.3, -0.25) is 9.59 Å². The summed E-state index contributed by atoms with van der Waals surface area (Å²) in [7, 11) is 0. The highest BCUT2D eigenvalue weighted by molar-refractivity contribution is 7.99. The number of hydrogen-bond acceptors (Lipinski definition) is 3. The Hall–Kier alpha value is -1.69. The highest BCUT2D eigenvalue weighted by atomic mass is 35.5. The van der Waals surface area contributed by atoms with Crippen LogP contribution in [0.5, 0.6) is 0 Å². The third-order valence-electron chi connectivity index (χ3n) is 4.29. The Morgan fingerprint density at radius 3 is 2.38 bits per heavy atom. The van der Waals surface area contributed by atoms with Crippen molar-refractivity contribution in [2.45, 2.75) is 45.2 Å². The summed E-state index contributed by atoms with van der Waals surface area (Å²) in [6.07, 6.45) is 0. The molecule has 0 saturated carbocycles. The molecule has 0 radical (unpaired) electrons.